The van der Waals surface area contributed by atoms with E-state index < -0.39 is 0 Å². The maximum Gasteiger partial charge on any atom is 0.348 e. The second-order valence-corrected chi connectivity index (χ2v) is 6.98. The number of nitrogens with one attached hydrogen (secondary N) is 1. The van der Waals surface area contributed by atoms with E-state index >= 15 is 0 Å². The summed E-state index contributed by atoms with van der Waals surface area (Å²) in [6.45, 7) is 4.94. The normalized spacial score (nSPS) is 10.7. The third-order valence-electron chi connectivity index (χ3n) is 3.61. The minimum Gasteiger partial charge on any atom is -0.492 e. The number of aryl methyl sites for hydroxylation is 1. The molecule has 6 nitrogen and oxygen atoms in total. The number of hydrogen-bond acceptors (Lipinski definition) is 6. The van der Waals surface area contributed by atoms with Gasteiger partial charge in [-0.2, -0.15) is 0 Å². The number of carbonyl (C=O) groups excluding carboxylic acids is 2. The number of benzene rings is 1. The van der Waals surface area contributed by atoms with Gasteiger partial charge in [0, 0.05) is 6.54 Å². The molecule has 0 atom stereocenters. The highest BCUT2D eigenvalue weighted by Gasteiger charge is 2.16. The highest BCUT2D eigenvalue weighted by atomic mass is 32.1. The monoisotopic (exact) mass is 394 g/mol. The van der Waals surface area contributed by atoms with E-state index in [2.05, 4.69) is 5.32 Å². The van der Waals surface area contributed by atoms with Crippen LogP contribution in [0.5, 0.6) is 5.75 Å². The highest BCUT2D eigenvalue weighted by Crippen LogP contribution is 2.27. The summed E-state index contributed by atoms with van der Waals surface area (Å²) in [4.78, 5) is 26.3. The van der Waals surface area contributed by atoms with Gasteiger partial charge in [0.2, 0.25) is 5.91 Å². The molecule has 0 unspecified atom stereocenters. The molecular formula is C19H23FN2O4S. The van der Waals surface area contributed by atoms with Crippen LogP contribution in [0.1, 0.15) is 22.2 Å². The Labute approximate surface area is 161 Å². The third kappa shape index (κ3) is 6.65. The van der Waals surface area contributed by atoms with Crippen molar-refractivity contribution in [2.24, 2.45) is 0 Å². The Morgan fingerprint density at radius 1 is 1.26 bits per heavy atom. The number of ether oxygens (including phenoxy) is 2. The molecule has 0 aliphatic heterocycles. The number of esters is 1. The molecule has 27 heavy (non-hydrogen) atoms. The highest BCUT2D eigenvalue weighted by molar-refractivity contribution is 7.18. The molecule has 0 radical (unpaired) electrons. The molecule has 1 N–H and O–H groups in total. The van der Waals surface area contributed by atoms with Crippen LogP contribution < -0.4 is 10.1 Å². The first-order chi connectivity index (χ1) is 12.9. The number of halogens is 1. The van der Waals surface area contributed by atoms with Crippen LogP contribution in [0.4, 0.5) is 9.39 Å². The predicted octanol–water partition coefficient (Wildman–Crippen LogP) is 3.32. The number of nitrogens with zero attached hydrogens (tertiary/aromatic N) is 1. The van der Waals surface area contributed by atoms with Gasteiger partial charge in [0.25, 0.3) is 0 Å². The first kappa shape index (κ1) is 20.9. The molecule has 0 spiro atoms. The van der Waals surface area contributed by atoms with Crippen molar-refractivity contribution < 1.29 is 23.5 Å². The zero-order valence-corrected chi connectivity index (χ0v) is 16.4. The van der Waals surface area contributed by atoms with Crippen molar-refractivity contribution in [1.29, 1.82) is 0 Å². The number of rotatable bonds is 9. The minimum atomic E-state index is -0.379. The minimum absolute atomic E-state index is 0.179. The van der Waals surface area contributed by atoms with Gasteiger partial charge in [-0.3, -0.25) is 9.69 Å². The van der Waals surface area contributed by atoms with E-state index in [9.17, 15) is 14.0 Å². The first-order valence-electron chi connectivity index (χ1n) is 8.53. The fourth-order valence-corrected chi connectivity index (χ4v) is 3.28. The van der Waals surface area contributed by atoms with E-state index in [1.807, 2.05) is 4.90 Å². The molecular weight excluding hydrogens is 371 g/mol. The Hall–Kier alpha value is -2.45. The molecule has 1 aromatic heterocycles. The van der Waals surface area contributed by atoms with Gasteiger partial charge in [-0.05, 0) is 56.8 Å². The molecule has 8 heteroatoms. The Morgan fingerprint density at radius 3 is 2.63 bits per heavy atom. The van der Waals surface area contributed by atoms with E-state index in [0.29, 0.717) is 35.4 Å². The van der Waals surface area contributed by atoms with E-state index in [0.717, 1.165) is 5.56 Å². The lowest BCUT2D eigenvalue weighted by atomic mass is 10.3. The molecule has 0 saturated carbocycles. The van der Waals surface area contributed by atoms with Crippen molar-refractivity contribution in [3.05, 3.63) is 46.6 Å². The molecule has 0 aliphatic rings. The number of anilines is 1. The second-order valence-electron chi connectivity index (χ2n) is 5.93. The lowest BCUT2D eigenvalue weighted by Crippen LogP contribution is -2.32. The van der Waals surface area contributed by atoms with Gasteiger partial charge in [0.1, 0.15) is 23.1 Å². The van der Waals surface area contributed by atoms with Crippen molar-refractivity contribution >= 4 is 28.2 Å². The number of likely N-dealkylation sites (N-methyl/N-ethyl adjacent to an activating group) is 1. The zero-order chi connectivity index (χ0) is 19.8. The zero-order valence-electron chi connectivity index (χ0n) is 15.6. The topological polar surface area (TPSA) is 67.9 Å². The van der Waals surface area contributed by atoms with Gasteiger partial charge in [-0.25, -0.2) is 9.18 Å². The maximum atomic E-state index is 12.8. The summed E-state index contributed by atoms with van der Waals surface area (Å²) in [5.74, 6) is -0.299. The molecule has 1 amide bonds. The quantitative estimate of drug-likeness (QED) is 0.661. The van der Waals surface area contributed by atoms with Gasteiger partial charge in [-0.15, -0.1) is 11.3 Å². The molecule has 0 fully saturated rings. The van der Waals surface area contributed by atoms with Crippen molar-refractivity contribution in [3.63, 3.8) is 0 Å². The van der Waals surface area contributed by atoms with Crippen LogP contribution in [0.25, 0.3) is 0 Å². The van der Waals surface area contributed by atoms with Crippen LogP contribution in [-0.2, 0) is 9.53 Å². The molecule has 0 bridgehead atoms. The summed E-state index contributed by atoms with van der Waals surface area (Å²) in [7, 11) is 1.80. The molecule has 0 aliphatic carbocycles. The SMILES string of the molecule is CCOC(=O)c1sc(NC(=O)CN(C)CCOc2ccc(F)cc2)cc1C. The Morgan fingerprint density at radius 2 is 1.96 bits per heavy atom. The number of carbonyl (C=O) groups is 2. The number of thiophene rings is 1. The summed E-state index contributed by atoms with van der Waals surface area (Å²) in [5, 5.41) is 3.40. The summed E-state index contributed by atoms with van der Waals surface area (Å²) in [5.41, 5.74) is 0.773. The Bertz CT molecular complexity index is 777. The largest absolute Gasteiger partial charge is 0.492 e. The molecule has 2 aromatic rings. The van der Waals surface area contributed by atoms with Gasteiger partial charge < -0.3 is 14.8 Å². The Balaban J connectivity index is 1.77. The fraction of sp³-hybridized carbons (Fsp3) is 0.368. The average molecular weight is 394 g/mol. The average Bonchev–Trinajstić information content (AvgIpc) is 2.97. The first-order valence-corrected chi connectivity index (χ1v) is 9.35. The van der Waals surface area contributed by atoms with Crippen LogP contribution in [0, 0.1) is 12.7 Å². The van der Waals surface area contributed by atoms with Crippen molar-refractivity contribution in [2.45, 2.75) is 13.8 Å². The standard InChI is InChI=1S/C19H23FN2O4S/c1-4-25-19(24)18-13(2)11-17(27-18)21-16(23)12-22(3)9-10-26-15-7-5-14(20)6-8-15/h5-8,11H,4,9-10,12H2,1-3H3,(H,21,23). The maximum absolute atomic E-state index is 12.8. The van der Waals surface area contributed by atoms with E-state index in [-0.39, 0.29) is 24.2 Å². The second kappa shape index (κ2) is 10.0. The number of amides is 1. The fourth-order valence-electron chi connectivity index (χ4n) is 2.29. The lowest BCUT2D eigenvalue weighted by molar-refractivity contribution is -0.117. The molecule has 0 saturated heterocycles. The lowest BCUT2D eigenvalue weighted by Gasteiger charge is -2.16. The summed E-state index contributed by atoms with van der Waals surface area (Å²) in [6, 6.07) is 7.54. The van der Waals surface area contributed by atoms with Crippen molar-refractivity contribution in [2.75, 3.05) is 38.7 Å². The van der Waals surface area contributed by atoms with Crippen LogP contribution in [0.2, 0.25) is 0 Å². The molecule has 1 aromatic carbocycles. The Kier molecular flexibility index (Phi) is 7.75. The summed E-state index contributed by atoms with van der Waals surface area (Å²) in [6.07, 6.45) is 0. The summed E-state index contributed by atoms with van der Waals surface area (Å²) >= 11 is 1.20. The van der Waals surface area contributed by atoms with Crippen molar-refractivity contribution in [3.8, 4) is 5.75 Å². The molecule has 1 heterocycles. The molecule has 2 rings (SSSR count). The summed E-state index contributed by atoms with van der Waals surface area (Å²) < 4.78 is 23.3. The van der Waals surface area contributed by atoms with E-state index in [1.165, 1.54) is 23.5 Å². The van der Waals surface area contributed by atoms with Gasteiger partial charge >= 0.3 is 5.97 Å². The van der Waals surface area contributed by atoms with E-state index in [4.69, 9.17) is 9.47 Å². The van der Waals surface area contributed by atoms with Gasteiger partial charge in [0.15, 0.2) is 0 Å². The van der Waals surface area contributed by atoms with Crippen LogP contribution in [0.3, 0.4) is 0 Å². The third-order valence-corrected chi connectivity index (χ3v) is 4.74. The van der Waals surface area contributed by atoms with Gasteiger partial charge in [-0.1, -0.05) is 0 Å². The van der Waals surface area contributed by atoms with Crippen molar-refractivity contribution in [1.82, 2.24) is 4.90 Å². The van der Waals surface area contributed by atoms with Crippen LogP contribution in [0.15, 0.2) is 30.3 Å². The smallest absolute Gasteiger partial charge is 0.348 e. The number of hydrogen-bond donors (Lipinski definition) is 1. The van der Waals surface area contributed by atoms with Crippen LogP contribution in [-0.4, -0.2) is 50.1 Å². The van der Waals surface area contributed by atoms with E-state index in [1.54, 1.807) is 39.1 Å². The van der Waals surface area contributed by atoms with Crippen LogP contribution >= 0.6 is 11.3 Å². The predicted molar refractivity (Wildman–Crippen MR) is 103 cm³/mol. The molecule has 146 valence electrons. The van der Waals surface area contributed by atoms with Gasteiger partial charge in [0.05, 0.1) is 18.2 Å².